The van der Waals surface area contributed by atoms with Crippen LogP contribution in [0.2, 0.25) is 0 Å². The molecule has 0 bridgehead atoms. The Labute approximate surface area is 103 Å². The molecule has 0 unspecified atom stereocenters. The highest BCUT2D eigenvalue weighted by Gasteiger charge is 2.23. The largest absolute Gasteiger partial charge is 0.351 e. The zero-order valence-electron chi connectivity index (χ0n) is 10.8. The second-order valence-electron chi connectivity index (χ2n) is 5.34. The number of hydrogen-bond acceptors (Lipinski definition) is 1. The van der Waals surface area contributed by atoms with Gasteiger partial charge in [-0.25, -0.2) is 0 Å². The van der Waals surface area contributed by atoms with Crippen LogP contribution in [0.3, 0.4) is 0 Å². The summed E-state index contributed by atoms with van der Waals surface area (Å²) in [7, 11) is 0. The minimum atomic E-state index is 0.325. The molecule has 0 spiro atoms. The molecule has 1 saturated heterocycles. The number of carbonyl (C=O) groups is 1. The van der Waals surface area contributed by atoms with Crippen LogP contribution in [0.1, 0.15) is 39.2 Å². The van der Waals surface area contributed by atoms with Crippen molar-refractivity contribution in [1.29, 1.82) is 0 Å². The van der Waals surface area contributed by atoms with E-state index < -0.39 is 0 Å². The molecule has 1 fully saturated rings. The highest BCUT2D eigenvalue weighted by Crippen LogP contribution is 2.23. The van der Waals surface area contributed by atoms with E-state index in [-0.39, 0.29) is 0 Å². The molecule has 1 aliphatic heterocycles. The number of carbonyl (C=O) groups excluding carboxylic acids is 1. The second-order valence-corrected chi connectivity index (χ2v) is 5.34. The molecule has 1 aromatic rings. The van der Waals surface area contributed by atoms with Crippen molar-refractivity contribution >= 4 is 5.91 Å². The average molecular weight is 234 g/mol. The molecule has 1 aliphatic rings. The van der Waals surface area contributed by atoms with E-state index in [1.807, 2.05) is 4.90 Å². The molecule has 1 aromatic heterocycles. The van der Waals surface area contributed by atoms with Gasteiger partial charge < -0.3 is 9.47 Å². The van der Waals surface area contributed by atoms with Crippen LogP contribution in [0.15, 0.2) is 24.5 Å². The summed E-state index contributed by atoms with van der Waals surface area (Å²) in [6.45, 7) is 6.03. The van der Waals surface area contributed by atoms with E-state index in [9.17, 15) is 4.79 Å². The molecule has 0 N–H and O–H groups in total. The Kier molecular flexibility index (Phi) is 3.87. The maximum Gasteiger partial charge on any atom is 0.222 e. The molecule has 2 rings (SSSR count). The molecule has 0 radical (unpaired) electrons. The van der Waals surface area contributed by atoms with E-state index >= 15 is 0 Å². The van der Waals surface area contributed by atoms with Crippen molar-refractivity contribution in [3.8, 4) is 0 Å². The highest BCUT2D eigenvalue weighted by atomic mass is 16.2. The number of likely N-dealkylation sites (tertiary alicyclic amines) is 1. The minimum absolute atomic E-state index is 0.325. The molecule has 1 amide bonds. The Morgan fingerprint density at radius 2 is 1.82 bits per heavy atom. The maximum absolute atomic E-state index is 11.9. The fourth-order valence-corrected chi connectivity index (χ4v) is 2.48. The van der Waals surface area contributed by atoms with Crippen LogP contribution < -0.4 is 0 Å². The van der Waals surface area contributed by atoms with Gasteiger partial charge in [0.25, 0.3) is 0 Å². The summed E-state index contributed by atoms with van der Waals surface area (Å²) in [6, 6.07) is 4.71. The minimum Gasteiger partial charge on any atom is -0.351 e. The van der Waals surface area contributed by atoms with E-state index in [0.717, 1.165) is 25.9 Å². The summed E-state index contributed by atoms with van der Waals surface area (Å²) in [4.78, 5) is 13.9. The highest BCUT2D eigenvalue weighted by molar-refractivity contribution is 5.76. The van der Waals surface area contributed by atoms with Gasteiger partial charge in [0, 0.05) is 37.9 Å². The van der Waals surface area contributed by atoms with Crippen LogP contribution >= 0.6 is 0 Å². The molecule has 0 atom stereocenters. The van der Waals surface area contributed by atoms with Gasteiger partial charge >= 0.3 is 0 Å². The molecular formula is C14H22N2O. The smallest absolute Gasteiger partial charge is 0.222 e. The summed E-state index contributed by atoms with van der Waals surface area (Å²) in [5.41, 5.74) is 0. The van der Waals surface area contributed by atoms with Crippen molar-refractivity contribution in [2.45, 2.75) is 39.2 Å². The second kappa shape index (κ2) is 5.39. The Hall–Kier alpha value is -1.25. The van der Waals surface area contributed by atoms with E-state index in [1.54, 1.807) is 0 Å². The molecule has 94 valence electrons. The van der Waals surface area contributed by atoms with E-state index in [1.165, 1.54) is 0 Å². The Morgan fingerprint density at radius 3 is 2.35 bits per heavy atom. The maximum atomic E-state index is 11.9. The predicted octanol–water partition coefficient (Wildman–Crippen LogP) is 2.70. The third-order valence-corrected chi connectivity index (χ3v) is 3.45. The fourth-order valence-electron chi connectivity index (χ4n) is 2.48. The number of nitrogens with zero attached hydrogens (tertiary/aromatic N) is 2. The van der Waals surface area contributed by atoms with Gasteiger partial charge in [-0.2, -0.15) is 0 Å². The molecular weight excluding hydrogens is 212 g/mol. The van der Waals surface area contributed by atoms with Crippen molar-refractivity contribution in [2.24, 2.45) is 5.92 Å². The summed E-state index contributed by atoms with van der Waals surface area (Å²) < 4.78 is 2.27. The first-order valence-electron chi connectivity index (χ1n) is 6.57. The van der Waals surface area contributed by atoms with Crippen LogP contribution in [0.5, 0.6) is 0 Å². The number of piperidine rings is 1. The SMILES string of the molecule is CC(C)CC(=O)N1CCC(n2cccc2)CC1. The van der Waals surface area contributed by atoms with Gasteiger partial charge in [0.15, 0.2) is 0 Å². The Bertz CT molecular complexity index is 348. The number of amides is 1. The molecule has 0 aromatic carbocycles. The van der Waals surface area contributed by atoms with Crippen molar-refractivity contribution in [1.82, 2.24) is 9.47 Å². The number of hydrogen-bond donors (Lipinski definition) is 0. The normalized spacial score (nSPS) is 17.7. The van der Waals surface area contributed by atoms with E-state index in [2.05, 4.69) is 42.9 Å². The molecule has 3 heteroatoms. The van der Waals surface area contributed by atoms with Crippen LogP contribution in [0.4, 0.5) is 0 Å². The summed E-state index contributed by atoms with van der Waals surface area (Å²) in [5.74, 6) is 0.788. The van der Waals surface area contributed by atoms with Crippen LogP contribution in [0.25, 0.3) is 0 Å². The van der Waals surface area contributed by atoms with Gasteiger partial charge in [0.1, 0.15) is 0 Å². The molecule has 2 heterocycles. The first kappa shape index (κ1) is 12.2. The van der Waals surface area contributed by atoms with Crippen LogP contribution in [-0.4, -0.2) is 28.5 Å². The Balaban J connectivity index is 1.84. The number of rotatable bonds is 3. The lowest BCUT2D eigenvalue weighted by Crippen LogP contribution is -2.39. The van der Waals surface area contributed by atoms with Crippen molar-refractivity contribution < 1.29 is 4.79 Å². The summed E-state index contributed by atoms with van der Waals surface area (Å²) >= 11 is 0. The van der Waals surface area contributed by atoms with Crippen LogP contribution in [-0.2, 0) is 4.79 Å². The molecule has 0 saturated carbocycles. The van der Waals surface area contributed by atoms with Gasteiger partial charge in [-0.1, -0.05) is 13.8 Å². The summed E-state index contributed by atoms with van der Waals surface area (Å²) in [5, 5.41) is 0. The third kappa shape index (κ3) is 3.11. The molecule has 3 nitrogen and oxygen atoms in total. The first-order valence-corrected chi connectivity index (χ1v) is 6.57. The first-order chi connectivity index (χ1) is 8.16. The predicted molar refractivity (Wildman–Crippen MR) is 68.7 cm³/mol. The standard InChI is InChI=1S/C14H22N2O/c1-12(2)11-14(17)16-9-5-13(6-10-16)15-7-3-4-8-15/h3-4,7-8,12-13H,5-6,9-11H2,1-2H3. The van der Waals surface area contributed by atoms with Crippen molar-refractivity contribution in [3.05, 3.63) is 24.5 Å². The average Bonchev–Trinajstić information content (AvgIpc) is 2.82. The topological polar surface area (TPSA) is 25.2 Å². The van der Waals surface area contributed by atoms with Gasteiger partial charge in [-0.15, -0.1) is 0 Å². The third-order valence-electron chi connectivity index (χ3n) is 3.45. The van der Waals surface area contributed by atoms with E-state index in [0.29, 0.717) is 24.3 Å². The fraction of sp³-hybridized carbons (Fsp3) is 0.643. The summed E-state index contributed by atoms with van der Waals surface area (Å²) in [6.07, 6.45) is 7.09. The lowest BCUT2D eigenvalue weighted by Gasteiger charge is -2.33. The quantitative estimate of drug-likeness (QED) is 0.789. The van der Waals surface area contributed by atoms with Gasteiger partial charge in [0.2, 0.25) is 5.91 Å². The van der Waals surface area contributed by atoms with Crippen molar-refractivity contribution in [3.63, 3.8) is 0 Å². The van der Waals surface area contributed by atoms with Gasteiger partial charge in [-0.05, 0) is 30.9 Å². The zero-order valence-corrected chi connectivity index (χ0v) is 10.8. The molecule has 17 heavy (non-hydrogen) atoms. The van der Waals surface area contributed by atoms with Gasteiger partial charge in [0.05, 0.1) is 0 Å². The van der Waals surface area contributed by atoms with Crippen LogP contribution in [0, 0.1) is 5.92 Å². The van der Waals surface area contributed by atoms with Crippen molar-refractivity contribution in [2.75, 3.05) is 13.1 Å². The van der Waals surface area contributed by atoms with E-state index in [4.69, 9.17) is 0 Å². The Morgan fingerprint density at radius 1 is 1.24 bits per heavy atom. The number of aromatic nitrogens is 1. The lowest BCUT2D eigenvalue weighted by atomic mass is 10.0. The zero-order chi connectivity index (χ0) is 12.3. The molecule has 0 aliphatic carbocycles. The monoisotopic (exact) mass is 234 g/mol. The van der Waals surface area contributed by atoms with Gasteiger partial charge in [-0.3, -0.25) is 4.79 Å². The lowest BCUT2D eigenvalue weighted by molar-refractivity contribution is -0.133.